The van der Waals surface area contributed by atoms with Gasteiger partial charge in [0.05, 0.1) is 5.25 Å². The number of rotatable bonds is 4. The lowest BCUT2D eigenvalue weighted by atomic mass is 9.87. The molecule has 1 aromatic carbocycles. The summed E-state index contributed by atoms with van der Waals surface area (Å²) in [5.41, 5.74) is 2.65. The van der Waals surface area contributed by atoms with Gasteiger partial charge in [-0.15, -0.1) is 11.8 Å². The monoisotopic (exact) mass is 252 g/mol. The SMILES string of the molecule is CC(SCc1ccc(C(C)(C)C)cc1)C(=O)O. The number of carboxylic acid groups (broad SMARTS) is 1. The van der Waals surface area contributed by atoms with E-state index in [-0.39, 0.29) is 10.7 Å². The van der Waals surface area contributed by atoms with E-state index in [9.17, 15) is 4.79 Å². The molecule has 1 N–H and O–H groups in total. The maximum absolute atomic E-state index is 10.7. The van der Waals surface area contributed by atoms with Crippen LogP contribution in [0, 0.1) is 0 Å². The predicted molar refractivity (Wildman–Crippen MR) is 73.5 cm³/mol. The second-order valence-corrected chi connectivity index (χ2v) is 6.57. The van der Waals surface area contributed by atoms with Crippen LogP contribution >= 0.6 is 11.8 Å². The summed E-state index contributed by atoms with van der Waals surface area (Å²) in [6, 6.07) is 8.42. The van der Waals surface area contributed by atoms with Gasteiger partial charge in [-0.1, -0.05) is 45.0 Å². The van der Waals surface area contributed by atoms with Crippen LogP contribution in [0.4, 0.5) is 0 Å². The minimum atomic E-state index is -0.749. The third-order valence-electron chi connectivity index (χ3n) is 2.67. The number of hydrogen-bond acceptors (Lipinski definition) is 2. The van der Waals surface area contributed by atoms with Crippen LogP contribution in [0.3, 0.4) is 0 Å². The van der Waals surface area contributed by atoms with Crippen molar-refractivity contribution in [2.45, 2.75) is 44.1 Å². The van der Waals surface area contributed by atoms with E-state index >= 15 is 0 Å². The fraction of sp³-hybridized carbons (Fsp3) is 0.500. The Bertz CT molecular complexity index is 376. The Morgan fingerprint density at radius 1 is 1.29 bits per heavy atom. The molecule has 0 fully saturated rings. The fourth-order valence-electron chi connectivity index (χ4n) is 1.39. The van der Waals surface area contributed by atoms with Crippen LogP contribution in [0.5, 0.6) is 0 Å². The highest BCUT2D eigenvalue weighted by Crippen LogP contribution is 2.24. The highest BCUT2D eigenvalue weighted by molar-refractivity contribution is 7.99. The van der Waals surface area contributed by atoms with Crippen LogP contribution in [0.1, 0.15) is 38.8 Å². The van der Waals surface area contributed by atoms with E-state index in [1.54, 1.807) is 6.92 Å². The average Bonchev–Trinajstić information content (AvgIpc) is 2.25. The molecule has 0 aliphatic rings. The zero-order valence-corrected chi connectivity index (χ0v) is 11.7. The number of benzene rings is 1. The summed E-state index contributed by atoms with van der Waals surface area (Å²) in [6.45, 7) is 8.27. The molecule has 0 aliphatic carbocycles. The lowest BCUT2D eigenvalue weighted by Crippen LogP contribution is -2.12. The molecule has 3 heteroatoms. The van der Waals surface area contributed by atoms with Crippen molar-refractivity contribution in [3.8, 4) is 0 Å². The van der Waals surface area contributed by atoms with Crippen LogP contribution in [0.25, 0.3) is 0 Å². The smallest absolute Gasteiger partial charge is 0.316 e. The van der Waals surface area contributed by atoms with Gasteiger partial charge in [0.15, 0.2) is 0 Å². The number of carboxylic acids is 1. The van der Waals surface area contributed by atoms with E-state index in [4.69, 9.17) is 5.11 Å². The largest absolute Gasteiger partial charge is 0.480 e. The van der Waals surface area contributed by atoms with Gasteiger partial charge in [0.2, 0.25) is 0 Å². The lowest BCUT2D eigenvalue weighted by molar-refractivity contribution is -0.136. The summed E-state index contributed by atoms with van der Waals surface area (Å²) < 4.78 is 0. The second-order valence-electron chi connectivity index (χ2n) is 5.24. The molecule has 94 valence electrons. The third-order valence-corrected chi connectivity index (χ3v) is 3.87. The highest BCUT2D eigenvalue weighted by atomic mass is 32.2. The molecule has 1 atom stereocenters. The Morgan fingerprint density at radius 3 is 2.24 bits per heavy atom. The Labute approximate surface area is 107 Å². The highest BCUT2D eigenvalue weighted by Gasteiger charge is 2.14. The summed E-state index contributed by atoms with van der Waals surface area (Å²) in [6.07, 6.45) is 0. The standard InChI is InChI=1S/C14H20O2S/c1-10(13(15)16)17-9-11-5-7-12(8-6-11)14(2,3)4/h5-8,10H,9H2,1-4H3,(H,15,16). The maximum atomic E-state index is 10.7. The molecule has 0 amide bonds. The van der Waals surface area contributed by atoms with E-state index in [1.165, 1.54) is 22.9 Å². The van der Waals surface area contributed by atoms with Crippen molar-refractivity contribution in [1.29, 1.82) is 0 Å². The van der Waals surface area contributed by atoms with Crippen molar-refractivity contribution < 1.29 is 9.90 Å². The summed E-state index contributed by atoms with van der Waals surface area (Å²) in [5, 5.41) is 8.44. The molecular formula is C14H20O2S. The fourth-order valence-corrected chi connectivity index (χ4v) is 2.17. The van der Waals surface area contributed by atoms with Gasteiger partial charge in [-0.25, -0.2) is 0 Å². The van der Waals surface area contributed by atoms with Crippen LogP contribution in [0.15, 0.2) is 24.3 Å². The van der Waals surface area contributed by atoms with Crippen molar-refractivity contribution in [3.05, 3.63) is 35.4 Å². The molecule has 0 radical (unpaired) electrons. The van der Waals surface area contributed by atoms with Crippen LogP contribution in [-0.2, 0) is 16.0 Å². The first-order chi connectivity index (χ1) is 7.80. The Hall–Kier alpha value is -0.960. The first-order valence-corrected chi connectivity index (χ1v) is 6.79. The second kappa shape index (κ2) is 5.58. The van der Waals surface area contributed by atoms with Gasteiger partial charge in [0.1, 0.15) is 0 Å². The Morgan fingerprint density at radius 2 is 1.82 bits per heavy atom. The van der Waals surface area contributed by atoms with E-state index in [1.807, 2.05) is 0 Å². The molecule has 1 rings (SSSR count). The van der Waals surface area contributed by atoms with Crippen molar-refractivity contribution in [3.63, 3.8) is 0 Å². The molecule has 0 bridgehead atoms. The van der Waals surface area contributed by atoms with Crippen LogP contribution in [0.2, 0.25) is 0 Å². The zero-order chi connectivity index (χ0) is 13.1. The first kappa shape index (κ1) is 14.1. The molecule has 1 aromatic rings. The molecular weight excluding hydrogens is 232 g/mol. The van der Waals surface area contributed by atoms with E-state index in [0.717, 1.165) is 5.75 Å². The number of hydrogen-bond donors (Lipinski definition) is 1. The molecule has 0 spiro atoms. The third kappa shape index (κ3) is 4.43. The van der Waals surface area contributed by atoms with Gasteiger partial charge in [0.25, 0.3) is 0 Å². The van der Waals surface area contributed by atoms with Gasteiger partial charge >= 0.3 is 5.97 Å². The van der Waals surface area contributed by atoms with Gasteiger partial charge in [-0.2, -0.15) is 0 Å². The topological polar surface area (TPSA) is 37.3 Å². The summed E-state index contributed by atoms with van der Waals surface area (Å²) in [7, 11) is 0. The van der Waals surface area contributed by atoms with Crippen LogP contribution in [-0.4, -0.2) is 16.3 Å². The van der Waals surface area contributed by atoms with Gasteiger partial charge in [0, 0.05) is 5.75 Å². The summed E-state index contributed by atoms with van der Waals surface area (Å²) in [5.74, 6) is -0.000879. The van der Waals surface area contributed by atoms with E-state index in [0.29, 0.717) is 0 Å². The summed E-state index contributed by atoms with van der Waals surface area (Å²) in [4.78, 5) is 10.7. The first-order valence-electron chi connectivity index (χ1n) is 5.74. The number of carbonyl (C=O) groups is 1. The molecule has 0 heterocycles. The normalized spacial score (nSPS) is 13.4. The quantitative estimate of drug-likeness (QED) is 0.888. The minimum Gasteiger partial charge on any atom is -0.480 e. The minimum absolute atomic E-state index is 0.167. The van der Waals surface area contributed by atoms with Crippen molar-refractivity contribution >= 4 is 17.7 Å². The average molecular weight is 252 g/mol. The van der Waals surface area contributed by atoms with E-state index in [2.05, 4.69) is 45.0 Å². The number of aliphatic carboxylic acids is 1. The Balaban J connectivity index is 2.60. The summed E-state index contributed by atoms with van der Waals surface area (Å²) >= 11 is 1.45. The van der Waals surface area contributed by atoms with Gasteiger partial charge < -0.3 is 5.11 Å². The molecule has 0 saturated carbocycles. The maximum Gasteiger partial charge on any atom is 0.316 e. The molecule has 1 unspecified atom stereocenters. The van der Waals surface area contributed by atoms with Gasteiger partial charge in [-0.05, 0) is 23.5 Å². The molecule has 0 saturated heterocycles. The van der Waals surface area contributed by atoms with E-state index < -0.39 is 5.97 Å². The molecule has 0 aliphatic heterocycles. The van der Waals surface area contributed by atoms with Crippen molar-refractivity contribution in [2.75, 3.05) is 0 Å². The zero-order valence-electron chi connectivity index (χ0n) is 10.9. The van der Waals surface area contributed by atoms with Crippen LogP contribution < -0.4 is 0 Å². The van der Waals surface area contributed by atoms with Gasteiger partial charge in [-0.3, -0.25) is 4.79 Å². The molecule has 0 aromatic heterocycles. The van der Waals surface area contributed by atoms with Crippen molar-refractivity contribution in [1.82, 2.24) is 0 Å². The Kier molecular flexibility index (Phi) is 4.63. The lowest BCUT2D eigenvalue weighted by Gasteiger charge is -2.19. The number of thioether (sulfide) groups is 1. The van der Waals surface area contributed by atoms with Crippen molar-refractivity contribution in [2.24, 2.45) is 0 Å². The predicted octanol–water partition coefficient (Wildman–Crippen LogP) is 3.69. The molecule has 2 nitrogen and oxygen atoms in total. The molecule has 17 heavy (non-hydrogen) atoms.